The fourth-order valence-electron chi connectivity index (χ4n) is 2.25. The summed E-state index contributed by atoms with van der Waals surface area (Å²) in [6, 6.07) is 2.32. The topological polar surface area (TPSA) is 87.1 Å². The van der Waals surface area contributed by atoms with Gasteiger partial charge in [-0.3, -0.25) is 4.90 Å². The van der Waals surface area contributed by atoms with Crippen LogP contribution >= 0.6 is 43.6 Å². The zero-order valence-electron chi connectivity index (χ0n) is 13.2. The summed E-state index contributed by atoms with van der Waals surface area (Å²) >= 11 is 7.86. The maximum absolute atomic E-state index is 12.6. The van der Waals surface area contributed by atoms with Gasteiger partial charge in [0.1, 0.15) is 22.8 Å². The van der Waals surface area contributed by atoms with Gasteiger partial charge < -0.3 is 14.9 Å². The van der Waals surface area contributed by atoms with E-state index >= 15 is 0 Å². The summed E-state index contributed by atoms with van der Waals surface area (Å²) in [5, 5.41) is 19.1. The van der Waals surface area contributed by atoms with Gasteiger partial charge in [0.2, 0.25) is 0 Å². The Kier molecular flexibility index (Phi) is 5.76. The number of aliphatic carboxylic acids is 1. The zero-order chi connectivity index (χ0) is 18.2. The molecule has 1 heterocycles. The SMILES string of the molecule is CC(C)(C)OC(=O)N1C(c2cc(Br)cc(Br)c2O)SC[C@H]1C(=O)O. The Morgan fingerprint density at radius 2 is 1.96 bits per heavy atom. The third kappa shape index (κ3) is 4.18. The van der Waals surface area contributed by atoms with Crippen molar-refractivity contribution in [2.75, 3.05) is 5.75 Å². The number of carboxylic acid groups (broad SMARTS) is 1. The molecule has 1 unspecified atom stereocenters. The maximum atomic E-state index is 12.6. The quantitative estimate of drug-likeness (QED) is 0.651. The second kappa shape index (κ2) is 7.13. The second-order valence-electron chi connectivity index (χ2n) is 6.25. The molecule has 0 saturated carbocycles. The Morgan fingerprint density at radius 1 is 1.33 bits per heavy atom. The average Bonchev–Trinajstić information content (AvgIpc) is 2.85. The van der Waals surface area contributed by atoms with Gasteiger partial charge in [-0.2, -0.15) is 0 Å². The van der Waals surface area contributed by atoms with E-state index in [4.69, 9.17) is 4.74 Å². The molecule has 2 rings (SSSR count). The summed E-state index contributed by atoms with van der Waals surface area (Å²) in [6.45, 7) is 5.14. The standard InChI is InChI=1S/C15H17Br2NO5S/c1-15(2,3)23-14(22)18-10(13(20)21)6-24-12(18)8-4-7(16)5-9(17)11(8)19/h4-5,10,12,19H,6H2,1-3H3,(H,20,21)/t10-,12?/m0/s1. The molecule has 0 spiro atoms. The molecule has 1 aromatic carbocycles. The number of carboxylic acids is 1. The maximum Gasteiger partial charge on any atom is 0.412 e. The normalized spacial score (nSPS) is 21.0. The molecule has 2 N–H and O–H groups in total. The Bertz CT molecular complexity index is 677. The summed E-state index contributed by atoms with van der Waals surface area (Å²) in [7, 11) is 0. The average molecular weight is 483 g/mol. The van der Waals surface area contributed by atoms with E-state index in [0.717, 1.165) is 0 Å². The van der Waals surface area contributed by atoms with Crippen molar-refractivity contribution in [2.24, 2.45) is 0 Å². The Labute approximate surface area is 160 Å². The van der Waals surface area contributed by atoms with E-state index in [1.54, 1.807) is 32.9 Å². The number of benzene rings is 1. The molecule has 0 aromatic heterocycles. The zero-order valence-corrected chi connectivity index (χ0v) is 17.2. The number of nitrogens with zero attached hydrogens (tertiary/aromatic N) is 1. The molecule has 1 saturated heterocycles. The molecule has 2 atom stereocenters. The molecule has 132 valence electrons. The number of halogens is 2. The van der Waals surface area contributed by atoms with Gasteiger partial charge in [-0.1, -0.05) is 15.9 Å². The monoisotopic (exact) mass is 481 g/mol. The molecule has 0 radical (unpaired) electrons. The molecule has 9 heteroatoms. The van der Waals surface area contributed by atoms with Crippen LogP contribution in [0, 0.1) is 0 Å². The molecule has 0 bridgehead atoms. The first-order valence-electron chi connectivity index (χ1n) is 7.05. The summed E-state index contributed by atoms with van der Waals surface area (Å²) < 4.78 is 6.51. The molecule has 1 aromatic rings. The first-order valence-corrected chi connectivity index (χ1v) is 9.68. The molecule has 1 fully saturated rings. The van der Waals surface area contributed by atoms with E-state index in [1.807, 2.05) is 0 Å². The number of hydrogen-bond acceptors (Lipinski definition) is 5. The Morgan fingerprint density at radius 3 is 2.50 bits per heavy atom. The van der Waals surface area contributed by atoms with Crippen molar-refractivity contribution < 1.29 is 24.5 Å². The lowest BCUT2D eigenvalue weighted by Crippen LogP contribution is -2.45. The number of phenolic OH excluding ortho intramolecular Hbond substituents is 1. The number of hydrogen-bond donors (Lipinski definition) is 2. The minimum absolute atomic E-state index is 0.0321. The van der Waals surface area contributed by atoms with E-state index in [-0.39, 0.29) is 11.5 Å². The van der Waals surface area contributed by atoms with Crippen LogP contribution in [-0.4, -0.2) is 44.6 Å². The van der Waals surface area contributed by atoms with Gasteiger partial charge in [0, 0.05) is 15.8 Å². The lowest BCUT2D eigenvalue weighted by Gasteiger charge is -2.30. The minimum atomic E-state index is -1.11. The van der Waals surface area contributed by atoms with Gasteiger partial charge >= 0.3 is 12.1 Å². The molecule has 6 nitrogen and oxygen atoms in total. The predicted molar refractivity (Wildman–Crippen MR) is 98.2 cm³/mol. The third-order valence-corrected chi connectivity index (χ3v) is 5.58. The van der Waals surface area contributed by atoms with Crippen LogP contribution in [0.1, 0.15) is 31.7 Å². The molecular weight excluding hydrogens is 466 g/mol. The number of amides is 1. The molecule has 0 aliphatic carbocycles. The van der Waals surface area contributed by atoms with Crippen molar-refractivity contribution in [1.29, 1.82) is 0 Å². The van der Waals surface area contributed by atoms with Crippen LogP contribution in [-0.2, 0) is 9.53 Å². The highest BCUT2D eigenvalue weighted by molar-refractivity contribution is 9.11. The van der Waals surface area contributed by atoms with Crippen molar-refractivity contribution in [3.05, 3.63) is 26.6 Å². The minimum Gasteiger partial charge on any atom is -0.506 e. The summed E-state index contributed by atoms with van der Waals surface area (Å²) in [4.78, 5) is 25.3. The van der Waals surface area contributed by atoms with Crippen LogP contribution < -0.4 is 0 Å². The number of ether oxygens (including phenoxy) is 1. The first kappa shape index (κ1) is 19.4. The van der Waals surface area contributed by atoms with Crippen molar-refractivity contribution in [1.82, 2.24) is 4.90 Å². The molecule has 1 amide bonds. The first-order chi connectivity index (χ1) is 11.0. The number of thioether (sulfide) groups is 1. The smallest absolute Gasteiger partial charge is 0.412 e. The van der Waals surface area contributed by atoms with E-state index in [2.05, 4.69) is 31.9 Å². The third-order valence-electron chi connectivity index (χ3n) is 3.21. The largest absolute Gasteiger partial charge is 0.506 e. The Hall–Kier alpha value is -0.930. The fraction of sp³-hybridized carbons (Fsp3) is 0.467. The van der Waals surface area contributed by atoms with Gasteiger partial charge in [-0.25, -0.2) is 9.59 Å². The number of carbonyl (C=O) groups is 2. The summed E-state index contributed by atoms with van der Waals surface area (Å²) in [5.74, 6) is -0.928. The highest BCUT2D eigenvalue weighted by atomic mass is 79.9. The number of phenols is 1. The van der Waals surface area contributed by atoms with Gasteiger partial charge in [-0.05, 0) is 48.8 Å². The summed E-state index contributed by atoms with van der Waals surface area (Å²) in [6.07, 6.45) is -0.722. The van der Waals surface area contributed by atoms with E-state index < -0.39 is 29.1 Å². The van der Waals surface area contributed by atoms with Crippen molar-refractivity contribution >= 4 is 55.7 Å². The van der Waals surface area contributed by atoms with Crippen LogP contribution in [0.3, 0.4) is 0 Å². The van der Waals surface area contributed by atoms with Gasteiger partial charge in [-0.15, -0.1) is 11.8 Å². The van der Waals surface area contributed by atoms with Gasteiger partial charge in [0.25, 0.3) is 0 Å². The van der Waals surface area contributed by atoms with Crippen LogP contribution in [0.25, 0.3) is 0 Å². The molecule has 24 heavy (non-hydrogen) atoms. The van der Waals surface area contributed by atoms with E-state index in [9.17, 15) is 19.8 Å². The molecule has 1 aliphatic heterocycles. The second-order valence-corrected chi connectivity index (χ2v) is 9.14. The molecular formula is C15H17Br2NO5S. The highest BCUT2D eigenvalue weighted by Gasteiger charge is 2.45. The van der Waals surface area contributed by atoms with Crippen molar-refractivity contribution in [3.63, 3.8) is 0 Å². The van der Waals surface area contributed by atoms with E-state index in [0.29, 0.717) is 14.5 Å². The van der Waals surface area contributed by atoms with Gasteiger partial charge in [0.05, 0.1) is 4.47 Å². The number of carbonyl (C=O) groups excluding carboxylic acids is 1. The lowest BCUT2D eigenvalue weighted by molar-refractivity contribution is -0.142. The van der Waals surface area contributed by atoms with Crippen molar-refractivity contribution in [3.8, 4) is 5.75 Å². The van der Waals surface area contributed by atoms with Crippen LogP contribution in [0.5, 0.6) is 5.75 Å². The fourth-order valence-corrected chi connectivity index (χ4v) is 4.93. The number of rotatable bonds is 2. The van der Waals surface area contributed by atoms with Crippen LogP contribution in [0.15, 0.2) is 21.1 Å². The van der Waals surface area contributed by atoms with Crippen LogP contribution in [0.2, 0.25) is 0 Å². The molecule has 1 aliphatic rings. The van der Waals surface area contributed by atoms with Crippen LogP contribution in [0.4, 0.5) is 4.79 Å². The summed E-state index contributed by atoms with van der Waals surface area (Å²) in [5.41, 5.74) is -0.312. The highest BCUT2D eigenvalue weighted by Crippen LogP contribution is 2.47. The van der Waals surface area contributed by atoms with Crippen molar-refractivity contribution in [2.45, 2.75) is 37.8 Å². The number of aromatic hydroxyl groups is 1. The Balaban J connectivity index is 2.45. The van der Waals surface area contributed by atoms with Gasteiger partial charge in [0.15, 0.2) is 0 Å². The predicted octanol–water partition coefficient (Wildman–Crippen LogP) is 4.35. The lowest BCUT2D eigenvalue weighted by atomic mass is 10.1. The van der Waals surface area contributed by atoms with E-state index in [1.165, 1.54) is 16.7 Å².